The maximum Gasteiger partial charge on any atom is 0.173 e. The summed E-state index contributed by atoms with van der Waals surface area (Å²) < 4.78 is 0. The number of fused-ring (bicyclic) bond motifs is 1. The number of hydrogen-bond donors (Lipinski definition) is 0. The predicted octanol–water partition coefficient (Wildman–Crippen LogP) is 4.74. The largest absolute Gasteiger partial charge is 0.293 e. The second-order valence-electron chi connectivity index (χ2n) is 7.58. The van der Waals surface area contributed by atoms with Crippen molar-refractivity contribution >= 4 is 17.0 Å². The van der Waals surface area contributed by atoms with E-state index in [1.54, 1.807) is 0 Å². The molecule has 0 spiro atoms. The summed E-state index contributed by atoms with van der Waals surface area (Å²) in [5.74, 6) is 0.859. The molecule has 0 saturated heterocycles. The molecule has 0 N–H and O–H groups in total. The first-order valence-corrected chi connectivity index (χ1v) is 11.0. The van der Waals surface area contributed by atoms with Crippen LogP contribution in [0.5, 0.6) is 0 Å². The molecule has 4 nitrogen and oxygen atoms in total. The van der Waals surface area contributed by atoms with Crippen LogP contribution in [0, 0.1) is 0 Å². The van der Waals surface area contributed by atoms with E-state index in [4.69, 9.17) is 4.98 Å². The minimum Gasteiger partial charge on any atom is -0.293 e. The molecular formula is C23H24N4S. The summed E-state index contributed by atoms with van der Waals surface area (Å²) >= 11 is 1.85. The van der Waals surface area contributed by atoms with Crippen LogP contribution in [-0.2, 0) is 19.5 Å². The minimum absolute atomic E-state index is 0.859. The summed E-state index contributed by atoms with van der Waals surface area (Å²) in [7, 11) is 0. The Balaban J connectivity index is 1.27. The number of aliphatic imine (C=N–C) groups is 1. The van der Waals surface area contributed by atoms with Gasteiger partial charge in [-0.05, 0) is 41.8 Å². The molecule has 0 bridgehead atoms. The quantitative estimate of drug-likeness (QED) is 0.648. The van der Waals surface area contributed by atoms with Crippen LogP contribution in [0.15, 0.2) is 53.0 Å². The molecule has 0 unspecified atom stereocenters. The van der Waals surface area contributed by atoms with Gasteiger partial charge in [-0.2, -0.15) is 0 Å². The third kappa shape index (κ3) is 3.77. The summed E-state index contributed by atoms with van der Waals surface area (Å²) in [5, 5.41) is 2.27. The van der Waals surface area contributed by atoms with Crippen LogP contribution in [0.4, 0.5) is 0 Å². The Kier molecular flexibility index (Phi) is 5.02. The smallest absolute Gasteiger partial charge is 0.173 e. The molecule has 2 aliphatic rings. The highest BCUT2D eigenvalue weighted by atomic mass is 32.1. The van der Waals surface area contributed by atoms with Gasteiger partial charge in [-0.25, -0.2) is 9.97 Å². The molecule has 0 fully saturated rings. The van der Waals surface area contributed by atoms with Gasteiger partial charge in [-0.1, -0.05) is 30.3 Å². The van der Waals surface area contributed by atoms with Crippen molar-refractivity contribution in [2.24, 2.45) is 4.99 Å². The lowest BCUT2D eigenvalue weighted by Gasteiger charge is -2.27. The fraction of sp³-hybridized carbons (Fsp3) is 0.348. The molecule has 0 amide bonds. The van der Waals surface area contributed by atoms with Gasteiger partial charge in [0.1, 0.15) is 0 Å². The molecular weight excluding hydrogens is 364 g/mol. The zero-order valence-corrected chi connectivity index (χ0v) is 16.8. The van der Waals surface area contributed by atoms with Crippen LogP contribution < -0.4 is 0 Å². The first kappa shape index (κ1) is 17.7. The predicted molar refractivity (Wildman–Crippen MR) is 115 cm³/mol. The SMILES string of the molecule is c1ccc(-c2csc(CN3CCc4nc(C5=NCCCC5)ncc4C3)c2)cc1. The number of thiophene rings is 1. The molecule has 3 aromatic rings. The lowest BCUT2D eigenvalue weighted by atomic mass is 10.1. The van der Waals surface area contributed by atoms with Gasteiger partial charge in [-0.15, -0.1) is 11.3 Å². The van der Waals surface area contributed by atoms with Gasteiger partial charge in [0.15, 0.2) is 5.82 Å². The molecule has 2 aromatic heterocycles. The van der Waals surface area contributed by atoms with E-state index in [2.05, 4.69) is 56.7 Å². The fourth-order valence-electron chi connectivity index (χ4n) is 3.99. The van der Waals surface area contributed by atoms with Gasteiger partial charge < -0.3 is 0 Å². The van der Waals surface area contributed by atoms with Crippen LogP contribution >= 0.6 is 11.3 Å². The lowest BCUT2D eigenvalue weighted by Crippen LogP contribution is -2.31. The molecule has 5 rings (SSSR count). The molecule has 2 aliphatic heterocycles. The number of nitrogens with zero attached hydrogens (tertiary/aromatic N) is 4. The van der Waals surface area contributed by atoms with Crippen molar-refractivity contribution in [1.29, 1.82) is 0 Å². The van der Waals surface area contributed by atoms with Crippen molar-refractivity contribution in [2.75, 3.05) is 13.1 Å². The molecule has 0 atom stereocenters. The van der Waals surface area contributed by atoms with E-state index < -0.39 is 0 Å². The molecule has 4 heterocycles. The second-order valence-corrected chi connectivity index (χ2v) is 8.58. The zero-order chi connectivity index (χ0) is 18.8. The Bertz CT molecular complexity index is 993. The van der Waals surface area contributed by atoms with Crippen LogP contribution in [0.25, 0.3) is 11.1 Å². The summed E-state index contributed by atoms with van der Waals surface area (Å²) in [6.45, 7) is 3.90. The highest BCUT2D eigenvalue weighted by molar-refractivity contribution is 7.10. The van der Waals surface area contributed by atoms with Gasteiger partial charge >= 0.3 is 0 Å². The number of rotatable bonds is 4. The van der Waals surface area contributed by atoms with Gasteiger partial charge in [-0.3, -0.25) is 9.89 Å². The maximum absolute atomic E-state index is 4.86. The molecule has 142 valence electrons. The summed E-state index contributed by atoms with van der Waals surface area (Å²) in [4.78, 5) is 18.0. The molecule has 0 saturated carbocycles. The highest BCUT2D eigenvalue weighted by Gasteiger charge is 2.20. The molecule has 5 heteroatoms. The summed E-state index contributed by atoms with van der Waals surface area (Å²) in [6, 6.07) is 12.9. The van der Waals surface area contributed by atoms with Gasteiger partial charge in [0.2, 0.25) is 0 Å². The molecule has 0 aliphatic carbocycles. The Morgan fingerprint density at radius 2 is 1.96 bits per heavy atom. The Morgan fingerprint density at radius 1 is 1.04 bits per heavy atom. The fourth-order valence-corrected chi connectivity index (χ4v) is 4.93. The van der Waals surface area contributed by atoms with E-state index in [9.17, 15) is 0 Å². The van der Waals surface area contributed by atoms with Crippen molar-refractivity contribution in [3.8, 4) is 11.1 Å². The minimum atomic E-state index is 0.859. The maximum atomic E-state index is 4.86. The Labute approximate surface area is 170 Å². The van der Waals surface area contributed by atoms with Crippen molar-refractivity contribution in [3.63, 3.8) is 0 Å². The first-order valence-electron chi connectivity index (χ1n) is 10.1. The summed E-state index contributed by atoms with van der Waals surface area (Å²) in [6.07, 6.45) is 6.45. The molecule has 0 radical (unpaired) electrons. The highest BCUT2D eigenvalue weighted by Crippen LogP contribution is 2.28. The lowest BCUT2D eigenvalue weighted by molar-refractivity contribution is 0.245. The van der Waals surface area contributed by atoms with Gasteiger partial charge in [0.25, 0.3) is 0 Å². The monoisotopic (exact) mass is 388 g/mol. The normalized spacial score (nSPS) is 17.2. The third-order valence-electron chi connectivity index (χ3n) is 5.54. The van der Waals surface area contributed by atoms with Gasteiger partial charge in [0.05, 0.1) is 11.4 Å². The third-order valence-corrected chi connectivity index (χ3v) is 6.46. The van der Waals surface area contributed by atoms with Crippen LogP contribution in [0.2, 0.25) is 0 Å². The number of hydrogen-bond acceptors (Lipinski definition) is 5. The van der Waals surface area contributed by atoms with Crippen molar-refractivity contribution in [2.45, 2.75) is 38.8 Å². The van der Waals surface area contributed by atoms with Crippen molar-refractivity contribution < 1.29 is 0 Å². The van der Waals surface area contributed by atoms with E-state index in [1.807, 2.05) is 17.5 Å². The van der Waals surface area contributed by atoms with Crippen LogP contribution in [0.3, 0.4) is 0 Å². The number of aromatic nitrogens is 2. The van der Waals surface area contributed by atoms with Gasteiger partial charge in [0, 0.05) is 49.2 Å². The van der Waals surface area contributed by atoms with E-state index in [0.717, 1.165) is 50.6 Å². The Morgan fingerprint density at radius 3 is 2.82 bits per heavy atom. The van der Waals surface area contributed by atoms with E-state index >= 15 is 0 Å². The standard InChI is InChI=1S/C23H24N4S/c1-2-6-17(7-3-1)18-12-20(28-16-18)15-27-11-9-21-19(14-27)13-25-23(26-21)22-8-4-5-10-24-22/h1-3,6-7,12-13,16H,4-5,8-11,14-15H2. The van der Waals surface area contributed by atoms with E-state index in [1.165, 1.54) is 40.1 Å². The van der Waals surface area contributed by atoms with Crippen molar-refractivity contribution in [1.82, 2.24) is 14.9 Å². The first-order chi connectivity index (χ1) is 13.8. The van der Waals surface area contributed by atoms with Crippen molar-refractivity contribution in [3.05, 3.63) is 69.9 Å². The zero-order valence-electron chi connectivity index (χ0n) is 16.0. The second kappa shape index (κ2) is 7.94. The molecule has 28 heavy (non-hydrogen) atoms. The van der Waals surface area contributed by atoms with Crippen LogP contribution in [-0.4, -0.2) is 33.7 Å². The average molecular weight is 389 g/mol. The van der Waals surface area contributed by atoms with E-state index in [-0.39, 0.29) is 0 Å². The van der Waals surface area contributed by atoms with Crippen LogP contribution in [0.1, 0.15) is 41.2 Å². The number of benzene rings is 1. The summed E-state index contributed by atoms with van der Waals surface area (Å²) in [5.41, 5.74) is 6.19. The van der Waals surface area contributed by atoms with E-state index in [0.29, 0.717) is 0 Å². The Hall–Kier alpha value is -2.37. The molecule has 1 aromatic carbocycles. The average Bonchev–Trinajstić information content (AvgIpc) is 3.23. The topological polar surface area (TPSA) is 41.4 Å².